The van der Waals surface area contributed by atoms with Crippen LogP contribution < -0.4 is 10.0 Å². The highest BCUT2D eigenvalue weighted by Crippen LogP contribution is 2.13. The maximum absolute atomic E-state index is 12.2. The second-order valence-corrected chi connectivity index (χ2v) is 5.90. The number of pyridine rings is 1. The molecule has 0 saturated carbocycles. The van der Waals surface area contributed by atoms with Gasteiger partial charge in [0.25, 0.3) is 0 Å². The molecule has 108 valence electrons. The lowest BCUT2D eigenvalue weighted by molar-refractivity contribution is 0.171. The summed E-state index contributed by atoms with van der Waals surface area (Å²) in [6, 6.07) is 2.75. The van der Waals surface area contributed by atoms with Gasteiger partial charge in [0.2, 0.25) is 10.0 Å². The first-order chi connectivity index (χ1) is 9.03. The third-order valence-electron chi connectivity index (χ3n) is 2.62. The first-order valence-corrected chi connectivity index (χ1v) is 7.67. The monoisotopic (exact) mass is 287 g/mol. The Hall–Kier alpha value is -1.18. The fourth-order valence-electron chi connectivity index (χ4n) is 1.73. The van der Waals surface area contributed by atoms with Crippen molar-refractivity contribution in [3.63, 3.8) is 0 Å². The molecule has 0 spiro atoms. The maximum atomic E-state index is 12.2. The van der Waals surface area contributed by atoms with Crippen LogP contribution in [0, 0.1) is 0 Å². The van der Waals surface area contributed by atoms with Gasteiger partial charge in [0.05, 0.1) is 11.5 Å². The van der Waals surface area contributed by atoms with E-state index in [2.05, 4.69) is 15.0 Å². The minimum absolute atomic E-state index is 0.198. The standard InChI is InChI=1S/C12H21N3O3S/c1-4-5-10(9-18-3)15-19(16,17)11-6-7-14-12(8-11)13-2/h6-8,10,15H,4-5,9H2,1-3H3,(H,13,14). The van der Waals surface area contributed by atoms with Crippen molar-refractivity contribution in [2.75, 3.05) is 26.1 Å². The summed E-state index contributed by atoms with van der Waals surface area (Å²) in [6.07, 6.45) is 3.08. The van der Waals surface area contributed by atoms with E-state index in [1.807, 2.05) is 6.92 Å². The van der Waals surface area contributed by atoms with Crippen molar-refractivity contribution in [2.24, 2.45) is 0 Å². The van der Waals surface area contributed by atoms with Crippen molar-refractivity contribution in [3.05, 3.63) is 18.3 Å². The highest BCUT2D eigenvalue weighted by Gasteiger charge is 2.20. The number of hydrogen-bond donors (Lipinski definition) is 2. The Labute approximate surface area is 114 Å². The maximum Gasteiger partial charge on any atom is 0.241 e. The normalized spacial score (nSPS) is 13.2. The topological polar surface area (TPSA) is 80.3 Å². The predicted molar refractivity (Wildman–Crippen MR) is 74.7 cm³/mol. The lowest BCUT2D eigenvalue weighted by atomic mass is 10.2. The van der Waals surface area contributed by atoms with Gasteiger partial charge in [-0.05, 0) is 12.5 Å². The molecule has 7 heteroatoms. The summed E-state index contributed by atoms with van der Waals surface area (Å²) in [5.41, 5.74) is 0. The van der Waals surface area contributed by atoms with Gasteiger partial charge in [0.1, 0.15) is 5.82 Å². The zero-order chi connectivity index (χ0) is 14.3. The summed E-state index contributed by atoms with van der Waals surface area (Å²) in [7, 11) is -0.297. The second-order valence-electron chi connectivity index (χ2n) is 4.19. The van der Waals surface area contributed by atoms with Gasteiger partial charge in [0, 0.05) is 32.5 Å². The van der Waals surface area contributed by atoms with Gasteiger partial charge < -0.3 is 10.1 Å². The summed E-state index contributed by atoms with van der Waals surface area (Å²) in [6.45, 7) is 2.36. The van der Waals surface area contributed by atoms with Crippen molar-refractivity contribution in [1.29, 1.82) is 0 Å². The minimum atomic E-state index is -3.55. The van der Waals surface area contributed by atoms with Crippen LogP contribution in [-0.2, 0) is 14.8 Å². The van der Waals surface area contributed by atoms with E-state index in [0.717, 1.165) is 12.8 Å². The molecule has 1 aromatic rings. The van der Waals surface area contributed by atoms with E-state index in [1.54, 1.807) is 14.2 Å². The quantitative estimate of drug-likeness (QED) is 0.751. The van der Waals surface area contributed by atoms with E-state index < -0.39 is 10.0 Å². The largest absolute Gasteiger partial charge is 0.383 e. The smallest absolute Gasteiger partial charge is 0.241 e. The van der Waals surface area contributed by atoms with E-state index in [9.17, 15) is 8.42 Å². The molecule has 2 N–H and O–H groups in total. The zero-order valence-electron chi connectivity index (χ0n) is 11.5. The van der Waals surface area contributed by atoms with Gasteiger partial charge in [-0.25, -0.2) is 18.1 Å². The van der Waals surface area contributed by atoms with Crippen LogP contribution >= 0.6 is 0 Å². The third-order valence-corrected chi connectivity index (χ3v) is 4.14. The molecule has 1 atom stereocenters. The number of sulfonamides is 1. The van der Waals surface area contributed by atoms with Crippen LogP contribution in [-0.4, -0.2) is 40.2 Å². The molecule has 19 heavy (non-hydrogen) atoms. The van der Waals surface area contributed by atoms with Crippen LogP contribution in [0.15, 0.2) is 23.2 Å². The highest BCUT2D eigenvalue weighted by atomic mass is 32.2. The highest BCUT2D eigenvalue weighted by molar-refractivity contribution is 7.89. The molecule has 0 aliphatic rings. The molecule has 0 radical (unpaired) electrons. The number of methoxy groups -OCH3 is 1. The fourth-order valence-corrected chi connectivity index (χ4v) is 3.00. The minimum Gasteiger partial charge on any atom is -0.383 e. The molecular formula is C12H21N3O3S. The average Bonchev–Trinajstić information content (AvgIpc) is 2.39. The molecule has 0 bridgehead atoms. The van der Waals surface area contributed by atoms with Gasteiger partial charge in [-0.1, -0.05) is 13.3 Å². The Kier molecular flexibility index (Phi) is 6.20. The molecule has 0 fully saturated rings. The molecule has 1 rings (SSSR count). The summed E-state index contributed by atoms with van der Waals surface area (Å²) < 4.78 is 32.2. The van der Waals surface area contributed by atoms with E-state index in [1.165, 1.54) is 18.3 Å². The van der Waals surface area contributed by atoms with Crippen LogP contribution in [0.25, 0.3) is 0 Å². The van der Waals surface area contributed by atoms with Gasteiger partial charge >= 0.3 is 0 Å². The lowest BCUT2D eigenvalue weighted by Gasteiger charge is -2.17. The van der Waals surface area contributed by atoms with Gasteiger partial charge in [-0.2, -0.15) is 0 Å². The second kappa shape index (κ2) is 7.42. The molecular weight excluding hydrogens is 266 g/mol. The Balaban J connectivity index is 2.89. The molecule has 1 aromatic heterocycles. The predicted octanol–water partition coefficient (Wildman–Crippen LogP) is 1.22. The Bertz CT molecular complexity index is 485. The molecule has 0 aliphatic heterocycles. The first kappa shape index (κ1) is 15.9. The third kappa shape index (κ3) is 4.77. The summed E-state index contributed by atoms with van der Waals surface area (Å²) in [4.78, 5) is 4.19. The van der Waals surface area contributed by atoms with Crippen LogP contribution in [0.3, 0.4) is 0 Å². The van der Waals surface area contributed by atoms with Crippen molar-refractivity contribution in [3.8, 4) is 0 Å². The number of anilines is 1. The number of aromatic nitrogens is 1. The summed E-state index contributed by atoms with van der Waals surface area (Å²) in [5.74, 6) is 0.515. The molecule has 0 aromatic carbocycles. The zero-order valence-corrected chi connectivity index (χ0v) is 12.3. The summed E-state index contributed by atoms with van der Waals surface area (Å²) in [5, 5.41) is 2.82. The Morgan fingerprint density at radius 3 is 2.79 bits per heavy atom. The molecule has 0 aliphatic carbocycles. The average molecular weight is 287 g/mol. The van der Waals surface area contributed by atoms with Crippen LogP contribution in [0.5, 0.6) is 0 Å². The fraction of sp³-hybridized carbons (Fsp3) is 0.583. The van der Waals surface area contributed by atoms with Crippen molar-refractivity contribution < 1.29 is 13.2 Å². The lowest BCUT2D eigenvalue weighted by Crippen LogP contribution is -2.37. The van der Waals surface area contributed by atoms with Gasteiger partial charge in [-0.15, -0.1) is 0 Å². The SMILES string of the molecule is CCCC(COC)NS(=O)(=O)c1ccnc(NC)c1. The van der Waals surface area contributed by atoms with Crippen LogP contribution in [0.2, 0.25) is 0 Å². The number of ether oxygens (including phenoxy) is 1. The van der Waals surface area contributed by atoms with Crippen LogP contribution in [0.4, 0.5) is 5.82 Å². The van der Waals surface area contributed by atoms with E-state index in [4.69, 9.17) is 4.74 Å². The van der Waals surface area contributed by atoms with Gasteiger partial charge in [0.15, 0.2) is 0 Å². The van der Waals surface area contributed by atoms with Crippen molar-refractivity contribution in [1.82, 2.24) is 9.71 Å². The van der Waals surface area contributed by atoms with E-state index >= 15 is 0 Å². The van der Waals surface area contributed by atoms with Crippen molar-refractivity contribution >= 4 is 15.8 Å². The number of hydrogen-bond acceptors (Lipinski definition) is 5. The van der Waals surface area contributed by atoms with Gasteiger partial charge in [-0.3, -0.25) is 0 Å². The number of rotatable bonds is 8. The number of nitrogens with zero attached hydrogens (tertiary/aromatic N) is 1. The number of nitrogens with one attached hydrogen (secondary N) is 2. The molecule has 1 unspecified atom stereocenters. The summed E-state index contributed by atoms with van der Waals surface area (Å²) >= 11 is 0. The van der Waals surface area contributed by atoms with Crippen molar-refractivity contribution in [2.45, 2.75) is 30.7 Å². The van der Waals surface area contributed by atoms with Crippen LogP contribution in [0.1, 0.15) is 19.8 Å². The Morgan fingerprint density at radius 2 is 2.21 bits per heavy atom. The van der Waals surface area contributed by atoms with E-state index in [0.29, 0.717) is 12.4 Å². The molecule has 0 amide bonds. The first-order valence-electron chi connectivity index (χ1n) is 6.18. The van der Waals surface area contributed by atoms with E-state index in [-0.39, 0.29) is 10.9 Å². The Morgan fingerprint density at radius 1 is 1.47 bits per heavy atom. The molecule has 6 nitrogen and oxygen atoms in total. The molecule has 0 saturated heterocycles. The molecule has 1 heterocycles.